The lowest BCUT2D eigenvalue weighted by Gasteiger charge is -2.34. The van der Waals surface area contributed by atoms with Crippen LogP contribution in [-0.4, -0.2) is 113 Å². The van der Waals surface area contributed by atoms with Gasteiger partial charge in [0.1, 0.15) is 24.0 Å². The average Bonchev–Trinajstić information content (AvgIpc) is 3.93. The highest BCUT2D eigenvalue weighted by atomic mass is 16.5. The van der Waals surface area contributed by atoms with E-state index >= 15 is 0 Å². The van der Waals surface area contributed by atoms with E-state index < -0.39 is 35.3 Å². The molecule has 1 saturated heterocycles. The summed E-state index contributed by atoms with van der Waals surface area (Å²) in [6.07, 6.45) is 8.31. The van der Waals surface area contributed by atoms with Crippen molar-refractivity contribution < 1.29 is 29.0 Å². The molecule has 17 nitrogen and oxygen atoms in total. The predicted molar refractivity (Wildman–Crippen MR) is 182 cm³/mol. The van der Waals surface area contributed by atoms with Gasteiger partial charge in [0.15, 0.2) is 12.0 Å². The van der Waals surface area contributed by atoms with Gasteiger partial charge in [0.05, 0.1) is 36.4 Å². The number of ether oxygens (including phenoxy) is 2. The van der Waals surface area contributed by atoms with E-state index in [1.54, 1.807) is 43.0 Å². The zero-order valence-corrected chi connectivity index (χ0v) is 28.0. The fraction of sp³-hybridized carbons (Fsp3) is 0.294. The van der Waals surface area contributed by atoms with E-state index in [2.05, 4.69) is 25.0 Å². The average molecular weight is 698 g/mol. The Hall–Kier alpha value is -6.20. The standard InChI is InChI=1S/C24H23N7O4.C10H12N2O4/c1-15-27-14-31(28-15)22-20-19(18(35-2)13-26-22)17(12-25-20)21(32)24(34)30-10-8-29(9-11-30)23(33)16-6-4-3-5-7-16;1-6-4-12(10(15)11-9(6)14)8-3-2-7(5-13)16-8/h3-7,12-14,25H,8-11H2,1-2H3;2-4,7-8,13H,5H2,1H3,(H,11,14,15)/t;7-,8+/m.0/s1. The summed E-state index contributed by atoms with van der Waals surface area (Å²) in [5.41, 5.74) is 0.796. The number of piperazine rings is 1. The number of aliphatic hydroxyl groups excluding tert-OH is 1. The number of aliphatic hydroxyl groups is 1. The van der Waals surface area contributed by atoms with Crippen LogP contribution in [0.25, 0.3) is 16.7 Å². The van der Waals surface area contributed by atoms with Gasteiger partial charge < -0.3 is 29.4 Å². The van der Waals surface area contributed by atoms with Crippen LogP contribution in [0.15, 0.2) is 77.0 Å². The van der Waals surface area contributed by atoms with Crippen LogP contribution in [-0.2, 0) is 9.53 Å². The molecular weight excluding hydrogens is 662 g/mol. The van der Waals surface area contributed by atoms with E-state index in [1.165, 1.54) is 46.2 Å². The van der Waals surface area contributed by atoms with E-state index in [4.69, 9.17) is 14.6 Å². The van der Waals surface area contributed by atoms with Gasteiger partial charge in [0.25, 0.3) is 23.2 Å². The minimum Gasteiger partial charge on any atom is -0.494 e. The highest BCUT2D eigenvalue weighted by Crippen LogP contribution is 2.32. The Morgan fingerprint density at radius 2 is 1.75 bits per heavy atom. The first-order valence-electron chi connectivity index (χ1n) is 16.0. The number of ketones is 1. The maximum atomic E-state index is 13.3. The molecule has 51 heavy (non-hydrogen) atoms. The van der Waals surface area contributed by atoms with Crippen molar-refractivity contribution in [3.05, 3.63) is 111 Å². The Bertz CT molecular complexity index is 2230. The van der Waals surface area contributed by atoms with E-state index in [0.29, 0.717) is 52.5 Å². The van der Waals surface area contributed by atoms with Crippen LogP contribution in [0.2, 0.25) is 0 Å². The Balaban J connectivity index is 0.000000234. The number of H-pyrrole nitrogens is 2. The van der Waals surface area contributed by atoms with Gasteiger partial charge in [-0.15, -0.1) is 0 Å². The molecule has 0 bridgehead atoms. The van der Waals surface area contributed by atoms with Crippen molar-refractivity contribution in [1.29, 1.82) is 0 Å². The third-order valence-corrected chi connectivity index (χ3v) is 8.42. The Labute approximate surface area is 289 Å². The molecule has 0 radical (unpaired) electrons. The van der Waals surface area contributed by atoms with Crippen LogP contribution in [0, 0.1) is 13.8 Å². The highest BCUT2D eigenvalue weighted by molar-refractivity contribution is 6.45. The first kappa shape index (κ1) is 34.7. The van der Waals surface area contributed by atoms with Crippen molar-refractivity contribution >= 4 is 28.5 Å². The molecule has 2 aliphatic rings. The number of pyridine rings is 1. The van der Waals surface area contributed by atoms with E-state index in [1.807, 2.05) is 18.2 Å². The van der Waals surface area contributed by atoms with Crippen LogP contribution in [0.5, 0.6) is 5.75 Å². The molecule has 6 heterocycles. The van der Waals surface area contributed by atoms with E-state index in [9.17, 15) is 24.0 Å². The monoisotopic (exact) mass is 697 g/mol. The fourth-order valence-electron chi connectivity index (χ4n) is 5.72. The molecule has 5 aromatic rings. The Kier molecular flexibility index (Phi) is 10.0. The maximum Gasteiger partial charge on any atom is 0.330 e. The summed E-state index contributed by atoms with van der Waals surface area (Å²) >= 11 is 0. The predicted octanol–water partition coefficient (Wildman–Crippen LogP) is 0.919. The van der Waals surface area contributed by atoms with Gasteiger partial charge in [-0.3, -0.25) is 28.7 Å². The number of Topliss-reactive ketones (excluding diaryl/α,β-unsaturated/α-hetero) is 1. The first-order chi connectivity index (χ1) is 24.6. The lowest BCUT2D eigenvalue weighted by molar-refractivity contribution is -0.127. The molecule has 1 fully saturated rings. The molecular formula is C34H35N9O8. The van der Waals surface area contributed by atoms with Gasteiger partial charge >= 0.3 is 5.69 Å². The number of methoxy groups -OCH3 is 1. The van der Waals surface area contributed by atoms with Crippen LogP contribution in [0.4, 0.5) is 0 Å². The normalized spacial score (nSPS) is 16.9. The number of aryl methyl sites for hydroxylation is 2. The zero-order chi connectivity index (χ0) is 36.2. The molecule has 0 aliphatic carbocycles. The molecule has 2 amide bonds. The van der Waals surface area contributed by atoms with Crippen LogP contribution in [0.1, 0.15) is 38.3 Å². The Morgan fingerprint density at radius 1 is 1.02 bits per heavy atom. The third kappa shape index (κ3) is 7.10. The lowest BCUT2D eigenvalue weighted by Crippen LogP contribution is -2.52. The number of carbonyl (C=O) groups is 3. The number of nitrogens with zero attached hydrogens (tertiary/aromatic N) is 7. The topological polar surface area (TPSA) is 211 Å². The lowest BCUT2D eigenvalue weighted by atomic mass is 10.1. The largest absolute Gasteiger partial charge is 0.494 e. The summed E-state index contributed by atoms with van der Waals surface area (Å²) in [6.45, 7) is 4.47. The minimum atomic E-state index is -0.663. The molecule has 0 spiro atoms. The number of hydrogen-bond acceptors (Lipinski definition) is 11. The molecule has 17 heteroatoms. The van der Waals surface area contributed by atoms with Gasteiger partial charge in [-0.2, -0.15) is 5.10 Å². The molecule has 3 N–H and O–H groups in total. The zero-order valence-electron chi connectivity index (χ0n) is 28.0. The van der Waals surface area contributed by atoms with Crippen LogP contribution in [0.3, 0.4) is 0 Å². The second-order valence-corrected chi connectivity index (χ2v) is 11.7. The SMILES string of the molecule is COc1cnc(-n2cnc(C)n2)c2[nH]cc(C(=O)C(=O)N3CCN(C(=O)c4ccccc4)CC3)c12.Cc1cn([C@H]2C=C[C@@H](CO)O2)c(=O)[nH]c1=O. The Morgan fingerprint density at radius 3 is 2.39 bits per heavy atom. The van der Waals surface area contributed by atoms with Gasteiger partial charge in [-0.05, 0) is 32.1 Å². The van der Waals surface area contributed by atoms with Crippen molar-refractivity contribution in [2.24, 2.45) is 0 Å². The molecule has 0 unspecified atom stereocenters. The third-order valence-electron chi connectivity index (χ3n) is 8.42. The summed E-state index contributed by atoms with van der Waals surface area (Å²) in [6, 6.07) is 9.00. The van der Waals surface area contributed by atoms with Crippen molar-refractivity contribution in [3.63, 3.8) is 0 Å². The minimum absolute atomic E-state index is 0.0891. The summed E-state index contributed by atoms with van der Waals surface area (Å²) in [5, 5.41) is 13.6. The molecule has 4 aromatic heterocycles. The summed E-state index contributed by atoms with van der Waals surface area (Å²) in [7, 11) is 1.47. The fourth-order valence-corrected chi connectivity index (χ4v) is 5.72. The van der Waals surface area contributed by atoms with Crippen molar-refractivity contribution in [1.82, 2.24) is 44.1 Å². The van der Waals surface area contributed by atoms with Crippen LogP contribution >= 0.6 is 0 Å². The second-order valence-electron chi connectivity index (χ2n) is 11.7. The smallest absolute Gasteiger partial charge is 0.330 e. The van der Waals surface area contributed by atoms with Crippen LogP contribution < -0.4 is 16.0 Å². The number of benzene rings is 1. The molecule has 2 aliphatic heterocycles. The van der Waals surface area contributed by atoms with Gasteiger partial charge in [-0.1, -0.05) is 24.3 Å². The summed E-state index contributed by atoms with van der Waals surface area (Å²) in [5.74, 6) is -0.0244. The molecule has 2 atom stereocenters. The number of nitrogens with one attached hydrogen (secondary N) is 2. The summed E-state index contributed by atoms with van der Waals surface area (Å²) in [4.78, 5) is 78.6. The first-order valence-corrected chi connectivity index (χ1v) is 16.0. The number of rotatable bonds is 7. The van der Waals surface area contributed by atoms with Gasteiger partial charge in [-0.25, -0.2) is 19.4 Å². The number of aromatic amines is 2. The number of hydrogen-bond donors (Lipinski definition) is 3. The van der Waals surface area contributed by atoms with Crippen molar-refractivity contribution in [3.8, 4) is 11.6 Å². The number of aromatic nitrogens is 7. The number of amides is 2. The molecule has 7 rings (SSSR count). The van der Waals surface area contributed by atoms with Crippen molar-refractivity contribution in [2.75, 3.05) is 39.9 Å². The molecule has 0 saturated carbocycles. The van der Waals surface area contributed by atoms with Gasteiger partial charge in [0, 0.05) is 49.7 Å². The van der Waals surface area contributed by atoms with Crippen molar-refractivity contribution in [2.45, 2.75) is 26.2 Å². The molecule has 264 valence electrons. The van der Waals surface area contributed by atoms with E-state index in [0.717, 1.165) is 0 Å². The number of fused-ring (bicyclic) bond motifs is 1. The maximum absolute atomic E-state index is 13.3. The number of carbonyl (C=O) groups excluding carboxylic acids is 3. The highest BCUT2D eigenvalue weighted by Gasteiger charge is 2.31. The van der Waals surface area contributed by atoms with Gasteiger partial charge in [0.2, 0.25) is 0 Å². The van der Waals surface area contributed by atoms with E-state index in [-0.39, 0.29) is 31.2 Å². The summed E-state index contributed by atoms with van der Waals surface area (Å²) < 4.78 is 13.6. The quantitative estimate of drug-likeness (QED) is 0.124. The second kappa shape index (κ2) is 14.7. The molecule has 1 aromatic carbocycles.